The van der Waals surface area contributed by atoms with Gasteiger partial charge in [-0.25, -0.2) is 0 Å². The molecule has 0 aromatic rings. The number of amides is 1. The molecule has 3 nitrogen and oxygen atoms in total. The average Bonchev–Trinajstić information content (AvgIpc) is 3.09. The predicted octanol–water partition coefficient (Wildman–Crippen LogP) is 3.35. The molecule has 2 N–H and O–H groups in total. The molecule has 4 fully saturated rings. The molecular weight excluding hydrogens is 296 g/mol. The minimum atomic E-state index is 0. The maximum Gasteiger partial charge on any atom is 0.227 e. The van der Waals surface area contributed by atoms with Gasteiger partial charge in [0.1, 0.15) is 0 Å². The number of likely N-dealkylation sites (tertiary alicyclic amines) is 1. The number of fused-ring (bicyclic) bond motifs is 2. The summed E-state index contributed by atoms with van der Waals surface area (Å²) in [6, 6.07) is 0.154. The maximum atomic E-state index is 12.9. The van der Waals surface area contributed by atoms with Crippen LogP contribution in [0.3, 0.4) is 0 Å². The Morgan fingerprint density at radius 1 is 0.955 bits per heavy atom. The fourth-order valence-electron chi connectivity index (χ4n) is 5.92. The summed E-state index contributed by atoms with van der Waals surface area (Å²) in [5.41, 5.74) is 6.95. The number of rotatable bonds is 1. The van der Waals surface area contributed by atoms with Gasteiger partial charge in [0.15, 0.2) is 0 Å². The standard InChI is InChI=1S/C18H30N2O.ClH/c19-16-14-5-4-13(12-14)15(16)17(21)20-10-8-18(9-11-20)6-2-1-3-7-18;/h13-16H,1-12,19H2;1H. The number of nitrogens with zero attached hydrogens (tertiary/aromatic N) is 1. The van der Waals surface area contributed by atoms with Gasteiger partial charge in [-0.05, 0) is 62.2 Å². The Balaban J connectivity index is 0.00000144. The zero-order chi connectivity index (χ0) is 14.4. The number of piperidine rings is 1. The van der Waals surface area contributed by atoms with Crippen molar-refractivity contribution >= 4 is 18.3 Å². The van der Waals surface area contributed by atoms with Crippen LogP contribution in [0.25, 0.3) is 0 Å². The quantitative estimate of drug-likeness (QED) is 0.803. The van der Waals surface area contributed by atoms with Crippen molar-refractivity contribution in [3.63, 3.8) is 0 Å². The highest BCUT2D eigenvalue weighted by atomic mass is 35.5. The van der Waals surface area contributed by atoms with Crippen LogP contribution in [-0.4, -0.2) is 29.9 Å². The molecule has 4 unspecified atom stereocenters. The van der Waals surface area contributed by atoms with E-state index in [4.69, 9.17) is 5.73 Å². The van der Waals surface area contributed by atoms with Gasteiger partial charge in [-0.3, -0.25) is 4.79 Å². The first-order valence-electron chi connectivity index (χ1n) is 9.23. The third kappa shape index (κ3) is 2.69. The van der Waals surface area contributed by atoms with E-state index < -0.39 is 0 Å². The van der Waals surface area contributed by atoms with E-state index >= 15 is 0 Å². The van der Waals surface area contributed by atoms with Crippen molar-refractivity contribution in [1.29, 1.82) is 0 Å². The van der Waals surface area contributed by atoms with E-state index in [-0.39, 0.29) is 24.4 Å². The fourth-order valence-corrected chi connectivity index (χ4v) is 5.92. The van der Waals surface area contributed by atoms with Crippen LogP contribution >= 0.6 is 12.4 Å². The van der Waals surface area contributed by atoms with Gasteiger partial charge in [0.2, 0.25) is 5.91 Å². The normalized spacial score (nSPS) is 39.8. The van der Waals surface area contributed by atoms with E-state index in [1.54, 1.807) is 0 Å². The smallest absolute Gasteiger partial charge is 0.227 e. The second kappa shape index (κ2) is 6.32. The molecule has 1 amide bonds. The molecule has 4 aliphatic rings. The Morgan fingerprint density at radius 2 is 1.59 bits per heavy atom. The average molecular weight is 327 g/mol. The Morgan fingerprint density at radius 3 is 2.18 bits per heavy atom. The Bertz CT molecular complexity index is 409. The first-order chi connectivity index (χ1) is 10.2. The first kappa shape index (κ1) is 16.6. The molecule has 4 atom stereocenters. The number of halogens is 1. The summed E-state index contributed by atoms with van der Waals surface area (Å²) in [4.78, 5) is 15.1. The molecule has 4 rings (SSSR count). The van der Waals surface area contributed by atoms with E-state index in [1.165, 1.54) is 64.2 Å². The lowest BCUT2D eigenvalue weighted by atomic mass is 9.68. The molecule has 0 aromatic carbocycles. The van der Waals surface area contributed by atoms with Crippen LogP contribution in [0, 0.1) is 23.2 Å². The second-order valence-electron chi connectivity index (χ2n) is 8.32. The molecular formula is C18H31ClN2O. The van der Waals surface area contributed by atoms with Crippen LogP contribution in [0.2, 0.25) is 0 Å². The van der Waals surface area contributed by atoms with Crippen molar-refractivity contribution in [2.24, 2.45) is 28.9 Å². The highest BCUT2D eigenvalue weighted by Crippen LogP contribution is 2.49. The molecule has 1 spiro atoms. The van der Waals surface area contributed by atoms with E-state index in [2.05, 4.69) is 4.90 Å². The van der Waals surface area contributed by atoms with Crippen molar-refractivity contribution in [2.45, 2.75) is 70.3 Å². The van der Waals surface area contributed by atoms with Gasteiger partial charge in [0.05, 0.1) is 5.92 Å². The molecule has 0 radical (unpaired) electrons. The van der Waals surface area contributed by atoms with Crippen molar-refractivity contribution in [2.75, 3.05) is 13.1 Å². The van der Waals surface area contributed by atoms with Crippen LogP contribution in [0.5, 0.6) is 0 Å². The van der Waals surface area contributed by atoms with Crippen LogP contribution in [0.4, 0.5) is 0 Å². The molecule has 3 aliphatic carbocycles. The molecule has 4 heteroatoms. The molecule has 3 saturated carbocycles. The van der Waals surface area contributed by atoms with Gasteiger partial charge < -0.3 is 10.6 Å². The van der Waals surface area contributed by atoms with E-state index in [0.29, 0.717) is 23.2 Å². The van der Waals surface area contributed by atoms with Crippen molar-refractivity contribution < 1.29 is 4.79 Å². The lowest BCUT2D eigenvalue weighted by Crippen LogP contribution is -2.51. The van der Waals surface area contributed by atoms with Gasteiger partial charge in [0, 0.05) is 19.1 Å². The van der Waals surface area contributed by atoms with Crippen LogP contribution < -0.4 is 5.73 Å². The van der Waals surface area contributed by atoms with Crippen LogP contribution in [0.15, 0.2) is 0 Å². The summed E-state index contributed by atoms with van der Waals surface area (Å²) in [5, 5.41) is 0. The number of nitrogens with two attached hydrogens (primary N) is 1. The number of carbonyl (C=O) groups excluding carboxylic acids is 1. The summed E-state index contributed by atoms with van der Waals surface area (Å²) in [6.07, 6.45) is 13.3. The van der Waals surface area contributed by atoms with Crippen molar-refractivity contribution in [3.8, 4) is 0 Å². The SMILES string of the molecule is Cl.NC1C2CCC(C2)C1C(=O)N1CCC2(CCCCC2)CC1. The highest BCUT2D eigenvalue weighted by Gasteiger charge is 2.50. The molecule has 0 aromatic heterocycles. The first-order valence-corrected chi connectivity index (χ1v) is 9.23. The van der Waals surface area contributed by atoms with E-state index in [1.807, 2.05) is 0 Å². The summed E-state index contributed by atoms with van der Waals surface area (Å²) in [6.45, 7) is 2.00. The van der Waals surface area contributed by atoms with Crippen molar-refractivity contribution in [3.05, 3.63) is 0 Å². The van der Waals surface area contributed by atoms with Gasteiger partial charge in [-0.1, -0.05) is 19.3 Å². The van der Waals surface area contributed by atoms with Gasteiger partial charge in [0.25, 0.3) is 0 Å². The zero-order valence-corrected chi connectivity index (χ0v) is 14.5. The molecule has 22 heavy (non-hydrogen) atoms. The summed E-state index contributed by atoms with van der Waals surface area (Å²) >= 11 is 0. The maximum absolute atomic E-state index is 12.9. The number of hydrogen-bond acceptors (Lipinski definition) is 2. The molecule has 1 heterocycles. The van der Waals surface area contributed by atoms with E-state index in [0.717, 1.165) is 13.1 Å². The van der Waals surface area contributed by atoms with Gasteiger partial charge in [-0.15, -0.1) is 12.4 Å². The minimum Gasteiger partial charge on any atom is -0.342 e. The van der Waals surface area contributed by atoms with E-state index in [9.17, 15) is 4.79 Å². The van der Waals surface area contributed by atoms with Gasteiger partial charge >= 0.3 is 0 Å². The molecule has 1 aliphatic heterocycles. The highest BCUT2D eigenvalue weighted by molar-refractivity contribution is 5.85. The van der Waals surface area contributed by atoms with Crippen LogP contribution in [-0.2, 0) is 4.79 Å². The number of hydrogen-bond donors (Lipinski definition) is 1. The summed E-state index contributed by atoms with van der Waals surface area (Å²) < 4.78 is 0. The zero-order valence-electron chi connectivity index (χ0n) is 13.6. The predicted molar refractivity (Wildman–Crippen MR) is 90.9 cm³/mol. The summed E-state index contributed by atoms with van der Waals surface area (Å²) in [7, 11) is 0. The van der Waals surface area contributed by atoms with Gasteiger partial charge in [-0.2, -0.15) is 0 Å². The monoisotopic (exact) mass is 326 g/mol. The Labute approximate surface area is 140 Å². The lowest BCUT2D eigenvalue weighted by molar-refractivity contribution is -0.140. The largest absolute Gasteiger partial charge is 0.342 e. The Kier molecular flexibility index (Phi) is 4.76. The molecule has 126 valence electrons. The fraction of sp³-hybridized carbons (Fsp3) is 0.944. The molecule has 2 bridgehead atoms. The third-order valence-corrected chi connectivity index (χ3v) is 7.32. The lowest BCUT2D eigenvalue weighted by Gasteiger charge is -2.45. The topological polar surface area (TPSA) is 46.3 Å². The number of carbonyl (C=O) groups is 1. The second-order valence-corrected chi connectivity index (χ2v) is 8.32. The Hall–Kier alpha value is -0.280. The minimum absolute atomic E-state index is 0. The summed E-state index contributed by atoms with van der Waals surface area (Å²) in [5.74, 6) is 1.80. The van der Waals surface area contributed by atoms with Crippen molar-refractivity contribution in [1.82, 2.24) is 4.90 Å². The molecule has 1 saturated heterocycles. The van der Waals surface area contributed by atoms with Crippen LogP contribution in [0.1, 0.15) is 64.2 Å². The third-order valence-electron chi connectivity index (χ3n) is 7.32.